The molecular formula is C27H43IN6O. The summed E-state index contributed by atoms with van der Waals surface area (Å²) in [7, 11) is 0. The number of fused-ring (bicyclic) bond motifs is 2. The number of alkyl halides is 1. The summed E-state index contributed by atoms with van der Waals surface area (Å²) >= 11 is 2.54. The third-order valence-corrected chi connectivity index (χ3v) is 9.81. The van der Waals surface area contributed by atoms with E-state index < -0.39 is 0 Å². The van der Waals surface area contributed by atoms with Crippen molar-refractivity contribution in [3.05, 3.63) is 18.0 Å². The van der Waals surface area contributed by atoms with E-state index in [1.54, 1.807) is 0 Å². The van der Waals surface area contributed by atoms with Gasteiger partial charge in [0.25, 0.3) is 0 Å². The quantitative estimate of drug-likeness (QED) is 0.271. The zero-order chi connectivity index (χ0) is 24.5. The molecule has 2 bridgehead atoms. The van der Waals surface area contributed by atoms with Gasteiger partial charge in [0.2, 0.25) is 5.95 Å². The van der Waals surface area contributed by atoms with Gasteiger partial charge in [-0.2, -0.15) is 0 Å². The van der Waals surface area contributed by atoms with Crippen molar-refractivity contribution in [2.45, 2.75) is 87.4 Å². The Morgan fingerprint density at radius 2 is 1.49 bits per heavy atom. The first-order valence-corrected chi connectivity index (χ1v) is 15.1. The average molecular weight is 595 g/mol. The summed E-state index contributed by atoms with van der Waals surface area (Å²) in [4.78, 5) is 32.0. The molecule has 4 heterocycles. The molecule has 0 spiro atoms. The van der Waals surface area contributed by atoms with E-state index in [0.29, 0.717) is 40.4 Å². The van der Waals surface area contributed by atoms with Gasteiger partial charge < -0.3 is 4.90 Å². The van der Waals surface area contributed by atoms with Crippen LogP contribution in [0.5, 0.6) is 0 Å². The van der Waals surface area contributed by atoms with Crippen molar-refractivity contribution in [1.29, 1.82) is 0 Å². The molecule has 35 heavy (non-hydrogen) atoms. The molecule has 8 heteroatoms. The maximum absolute atomic E-state index is 12.1. The van der Waals surface area contributed by atoms with Crippen LogP contribution in [0.25, 0.3) is 0 Å². The van der Waals surface area contributed by atoms with Crippen LogP contribution < -0.4 is 4.90 Å². The number of rotatable bonds is 7. The van der Waals surface area contributed by atoms with Gasteiger partial charge in [0.1, 0.15) is 5.78 Å². The van der Waals surface area contributed by atoms with E-state index in [0.717, 1.165) is 45.2 Å². The number of hydrogen-bond donors (Lipinski definition) is 0. The topological polar surface area (TPSA) is 55.8 Å². The van der Waals surface area contributed by atoms with Crippen molar-refractivity contribution >= 4 is 34.3 Å². The van der Waals surface area contributed by atoms with Crippen LogP contribution in [-0.4, -0.2) is 98.4 Å². The Morgan fingerprint density at radius 3 is 2.03 bits per heavy atom. The first-order chi connectivity index (χ1) is 16.9. The SMILES string of the molecule is CC(C)C(=O)CN1CCN(C2CCC(c3cnc(N4C5CCC4CN(C(C)I)C5)nc3)CC2)CC1. The number of carbonyl (C=O) groups is 1. The molecule has 4 aliphatic rings. The largest absolute Gasteiger partial charge is 0.332 e. The normalized spacial score (nSPS) is 31.7. The summed E-state index contributed by atoms with van der Waals surface area (Å²) in [5.74, 6) is 2.06. The predicted octanol–water partition coefficient (Wildman–Crippen LogP) is 3.78. The summed E-state index contributed by atoms with van der Waals surface area (Å²) < 4.78 is 0.592. The summed E-state index contributed by atoms with van der Waals surface area (Å²) in [5, 5.41) is 0. The number of nitrogens with zero attached hydrogens (tertiary/aromatic N) is 6. The van der Waals surface area contributed by atoms with E-state index in [1.807, 2.05) is 13.8 Å². The Balaban J connectivity index is 1.10. The van der Waals surface area contributed by atoms with E-state index in [9.17, 15) is 4.79 Å². The number of aromatic nitrogens is 2. The zero-order valence-electron chi connectivity index (χ0n) is 21.8. The molecule has 7 nitrogen and oxygen atoms in total. The summed E-state index contributed by atoms with van der Waals surface area (Å²) in [5.41, 5.74) is 1.33. The van der Waals surface area contributed by atoms with Crippen molar-refractivity contribution < 1.29 is 4.79 Å². The Morgan fingerprint density at radius 1 is 0.914 bits per heavy atom. The summed E-state index contributed by atoms with van der Waals surface area (Å²) in [6.07, 6.45) is 11.8. The molecular weight excluding hydrogens is 551 g/mol. The second-order valence-corrected chi connectivity index (χ2v) is 13.4. The van der Waals surface area contributed by atoms with Gasteiger partial charge in [0.05, 0.1) is 10.6 Å². The molecule has 3 aliphatic heterocycles. The van der Waals surface area contributed by atoms with Crippen LogP contribution in [0, 0.1) is 5.92 Å². The molecule has 0 aromatic carbocycles. The Bertz CT molecular complexity index is 834. The Hall–Kier alpha value is -0.840. The molecule has 0 N–H and O–H groups in total. The lowest BCUT2D eigenvalue weighted by Gasteiger charge is -2.42. The zero-order valence-corrected chi connectivity index (χ0v) is 23.9. The highest BCUT2D eigenvalue weighted by Crippen LogP contribution is 2.37. The van der Waals surface area contributed by atoms with Crippen molar-refractivity contribution in [1.82, 2.24) is 24.7 Å². The molecule has 4 fully saturated rings. The van der Waals surface area contributed by atoms with Crippen molar-refractivity contribution in [3.63, 3.8) is 0 Å². The van der Waals surface area contributed by atoms with E-state index in [1.165, 1.54) is 44.1 Å². The number of likely N-dealkylation sites (tertiary alicyclic amines) is 1. The fraction of sp³-hybridized carbons (Fsp3) is 0.815. The highest BCUT2D eigenvalue weighted by atomic mass is 127. The Kier molecular flexibility index (Phi) is 8.31. The van der Waals surface area contributed by atoms with Gasteiger partial charge in [0, 0.05) is 75.7 Å². The maximum atomic E-state index is 12.1. The van der Waals surface area contributed by atoms with Crippen molar-refractivity contribution in [2.75, 3.05) is 50.7 Å². The van der Waals surface area contributed by atoms with E-state index in [-0.39, 0.29) is 5.92 Å². The highest BCUT2D eigenvalue weighted by molar-refractivity contribution is 14.1. The second-order valence-electron chi connectivity index (χ2n) is 11.6. The molecule has 1 aliphatic carbocycles. The van der Waals surface area contributed by atoms with Gasteiger partial charge in [-0.1, -0.05) is 36.4 Å². The monoisotopic (exact) mass is 594 g/mol. The fourth-order valence-corrected chi connectivity index (χ4v) is 7.15. The standard InChI is InChI=1S/C27H43IN6O/c1-19(2)26(35)18-31-10-12-32(13-11-31)23-6-4-21(5-7-23)22-14-29-27(30-15-22)34-24-8-9-25(34)17-33(16-24)20(3)28/h14-15,19-21,23-25H,4-13,16-18H2,1-3H3. The number of ketones is 1. The minimum Gasteiger partial charge on any atom is -0.332 e. The molecule has 0 amide bonds. The third kappa shape index (κ3) is 5.85. The van der Waals surface area contributed by atoms with E-state index >= 15 is 0 Å². The van der Waals surface area contributed by atoms with Crippen LogP contribution in [0.15, 0.2) is 12.4 Å². The lowest BCUT2D eigenvalue weighted by atomic mass is 9.82. The lowest BCUT2D eigenvalue weighted by Crippen LogP contribution is -2.55. The van der Waals surface area contributed by atoms with Crippen LogP contribution in [0.3, 0.4) is 0 Å². The van der Waals surface area contributed by atoms with Gasteiger partial charge in [-0.15, -0.1) is 0 Å². The summed E-state index contributed by atoms with van der Waals surface area (Å²) in [6.45, 7) is 13.5. The van der Waals surface area contributed by atoms with Crippen LogP contribution in [0.1, 0.15) is 70.8 Å². The fourth-order valence-electron chi connectivity index (χ4n) is 6.69. The first kappa shape index (κ1) is 25.8. The van der Waals surface area contributed by atoms with Gasteiger partial charge in [0.15, 0.2) is 0 Å². The molecule has 0 radical (unpaired) electrons. The minimum absolute atomic E-state index is 0.145. The smallest absolute Gasteiger partial charge is 0.225 e. The third-order valence-electron chi connectivity index (χ3n) is 9.02. The molecule has 3 atom stereocenters. The van der Waals surface area contributed by atoms with Crippen LogP contribution in [0.4, 0.5) is 5.95 Å². The first-order valence-electron chi connectivity index (χ1n) is 13.9. The van der Waals surface area contributed by atoms with Crippen molar-refractivity contribution in [2.24, 2.45) is 5.92 Å². The maximum Gasteiger partial charge on any atom is 0.225 e. The van der Waals surface area contributed by atoms with E-state index in [2.05, 4.69) is 61.5 Å². The molecule has 1 saturated carbocycles. The summed E-state index contributed by atoms with van der Waals surface area (Å²) in [6, 6.07) is 1.83. The van der Waals surface area contributed by atoms with Gasteiger partial charge >= 0.3 is 0 Å². The lowest BCUT2D eigenvalue weighted by molar-refractivity contribution is -0.123. The molecule has 1 aromatic heterocycles. The predicted molar refractivity (Wildman–Crippen MR) is 149 cm³/mol. The molecule has 1 aromatic rings. The number of anilines is 1. The van der Waals surface area contributed by atoms with Gasteiger partial charge in [-0.25, -0.2) is 9.97 Å². The van der Waals surface area contributed by atoms with Crippen LogP contribution in [0.2, 0.25) is 0 Å². The average Bonchev–Trinajstić information content (AvgIpc) is 3.13. The molecule has 3 unspecified atom stereocenters. The van der Waals surface area contributed by atoms with Crippen molar-refractivity contribution in [3.8, 4) is 0 Å². The molecule has 194 valence electrons. The van der Waals surface area contributed by atoms with Crippen LogP contribution >= 0.6 is 22.6 Å². The Labute approximate surface area is 225 Å². The van der Waals surface area contributed by atoms with Crippen LogP contribution in [-0.2, 0) is 4.79 Å². The molecule has 5 rings (SSSR count). The number of halogens is 1. The minimum atomic E-state index is 0.145. The number of Topliss-reactive ketones (excluding diaryl/α,β-unsaturated/α-hetero) is 1. The van der Waals surface area contributed by atoms with E-state index in [4.69, 9.17) is 9.97 Å². The highest BCUT2D eigenvalue weighted by Gasteiger charge is 2.42. The van der Waals surface area contributed by atoms with Gasteiger partial charge in [-0.05, 0) is 56.9 Å². The number of carbonyl (C=O) groups excluding carboxylic acids is 1. The van der Waals surface area contributed by atoms with Gasteiger partial charge in [-0.3, -0.25) is 19.5 Å². The number of piperazine rings is 2. The second kappa shape index (κ2) is 11.3. The molecule has 3 saturated heterocycles. The number of hydrogen-bond acceptors (Lipinski definition) is 7.